The van der Waals surface area contributed by atoms with E-state index in [0.717, 1.165) is 57.3 Å². The standard InChI is InChI=1S/C19H35N5O2.HI/c1-6-20-19(21-9-7-18-15(2)22-23(4)16(18)3)24-10-8-17(13-24)14-26-12-11-25-5;/h17H,6-14H2,1-5H3,(H,20,21);1H. The Hall–Kier alpha value is -0.870. The van der Waals surface area contributed by atoms with Gasteiger partial charge in [-0.1, -0.05) is 0 Å². The fourth-order valence-electron chi connectivity index (χ4n) is 3.43. The molecule has 1 saturated heterocycles. The molecule has 27 heavy (non-hydrogen) atoms. The predicted molar refractivity (Wildman–Crippen MR) is 120 cm³/mol. The van der Waals surface area contributed by atoms with E-state index in [2.05, 4.69) is 36.1 Å². The minimum absolute atomic E-state index is 0. The third-order valence-corrected chi connectivity index (χ3v) is 4.99. The summed E-state index contributed by atoms with van der Waals surface area (Å²) in [5.41, 5.74) is 3.66. The zero-order valence-electron chi connectivity index (χ0n) is 17.5. The molecule has 0 amide bonds. The number of aromatic nitrogens is 2. The Morgan fingerprint density at radius 2 is 2.11 bits per heavy atom. The lowest BCUT2D eigenvalue weighted by molar-refractivity contribution is 0.0536. The average molecular weight is 493 g/mol. The maximum atomic E-state index is 5.69. The number of likely N-dealkylation sites (tertiary alicyclic amines) is 1. The highest BCUT2D eigenvalue weighted by Crippen LogP contribution is 2.17. The molecule has 0 bridgehead atoms. The summed E-state index contributed by atoms with van der Waals surface area (Å²) in [6.07, 6.45) is 2.08. The van der Waals surface area contributed by atoms with Crippen LogP contribution in [-0.2, 0) is 22.9 Å². The van der Waals surface area contributed by atoms with E-state index < -0.39 is 0 Å². The molecule has 1 aliphatic rings. The number of aliphatic imine (C=N–C) groups is 1. The van der Waals surface area contributed by atoms with Crippen LogP contribution in [0.15, 0.2) is 4.99 Å². The fourth-order valence-corrected chi connectivity index (χ4v) is 3.43. The first-order valence-corrected chi connectivity index (χ1v) is 9.65. The van der Waals surface area contributed by atoms with Crippen LogP contribution in [0.4, 0.5) is 0 Å². The SMILES string of the molecule is CCNC(=NCCc1c(C)nn(C)c1C)N1CCC(COCCOC)C1.I. The number of nitrogens with zero attached hydrogens (tertiary/aromatic N) is 4. The molecule has 1 unspecified atom stereocenters. The van der Waals surface area contributed by atoms with Gasteiger partial charge in [-0.25, -0.2) is 0 Å². The first-order chi connectivity index (χ1) is 12.6. The Morgan fingerprint density at radius 3 is 2.74 bits per heavy atom. The normalized spacial score (nSPS) is 17.3. The number of hydrogen-bond acceptors (Lipinski definition) is 4. The van der Waals surface area contributed by atoms with E-state index in [-0.39, 0.29) is 24.0 Å². The summed E-state index contributed by atoms with van der Waals surface area (Å²) in [6.45, 7) is 12.2. The summed E-state index contributed by atoms with van der Waals surface area (Å²) in [6, 6.07) is 0. The Labute approximate surface area is 180 Å². The van der Waals surface area contributed by atoms with E-state index in [0.29, 0.717) is 19.1 Å². The van der Waals surface area contributed by atoms with E-state index in [1.165, 1.54) is 11.3 Å². The number of guanidine groups is 1. The van der Waals surface area contributed by atoms with Gasteiger partial charge in [0.1, 0.15) is 0 Å². The summed E-state index contributed by atoms with van der Waals surface area (Å²) >= 11 is 0. The van der Waals surface area contributed by atoms with Gasteiger partial charge in [-0.3, -0.25) is 9.67 Å². The molecule has 2 rings (SSSR count). The van der Waals surface area contributed by atoms with Gasteiger partial charge in [0.25, 0.3) is 0 Å². The molecular formula is C19H36IN5O2. The van der Waals surface area contributed by atoms with Gasteiger partial charge < -0.3 is 19.7 Å². The van der Waals surface area contributed by atoms with Crippen molar-refractivity contribution in [2.75, 3.05) is 53.1 Å². The number of ether oxygens (including phenoxy) is 2. The molecule has 1 N–H and O–H groups in total. The number of halogens is 1. The lowest BCUT2D eigenvalue weighted by Crippen LogP contribution is -2.40. The highest BCUT2D eigenvalue weighted by atomic mass is 127. The van der Waals surface area contributed by atoms with Crippen LogP contribution in [-0.4, -0.2) is 73.7 Å². The van der Waals surface area contributed by atoms with Crippen LogP contribution < -0.4 is 5.32 Å². The second-order valence-corrected chi connectivity index (χ2v) is 6.93. The molecule has 0 radical (unpaired) electrons. The van der Waals surface area contributed by atoms with Crippen LogP contribution in [0, 0.1) is 19.8 Å². The van der Waals surface area contributed by atoms with Gasteiger partial charge in [-0.2, -0.15) is 5.10 Å². The molecule has 0 spiro atoms. The minimum atomic E-state index is 0. The maximum Gasteiger partial charge on any atom is 0.193 e. The average Bonchev–Trinajstić information content (AvgIpc) is 3.18. The van der Waals surface area contributed by atoms with Gasteiger partial charge in [-0.05, 0) is 39.2 Å². The quantitative estimate of drug-likeness (QED) is 0.247. The lowest BCUT2D eigenvalue weighted by Gasteiger charge is -2.21. The van der Waals surface area contributed by atoms with Crippen LogP contribution in [0.5, 0.6) is 0 Å². The monoisotopic (exact) mass is 493 g/mol. The zero-order chi connectivity index (χ0) is 18.9. The molecule has 1 aromatic rings. The maximum absolute atomic E-state index is 5.69. The Kier molecular flexibility index (Phi) is 11.2. The van der Waals surface area contributed by atoms with Crippen LogP contribution >= 0.6 is 24.0 Å². The zero-order valence-corrected chi connectivity index (χ0v) is 19.8. The molecule has 0 saturated carbocycles. The van der Waals surface area contributed by atoms with Crippen LogP contribution in [0.3, 0.4) is 0 Å². The van der Waals surface area contributed by atoms with Crippen LogP contribution in [0.1, 0.15) is 30.3 Å². The molecule has 8 heteroatoms. The summed E-state index contributed by atoms with van der Waals surface area (Å²) in [5, 5.41) is 7.93. The van der Waals surface area contributed by atoms with E-state index in [1.54, 1.807) is 7.11 Å². The Morgan fingerprint density at radius 1 is 1.33 bits per heavy atom. The van der Waals surface area contributed by atoms with Crippen molar-refractivity contribution >= 4 is 29.9 Å². The summed E-state index contributed by atoms with van der Waals surface area (Å²) in [5.74, 6) is 1.59. The number of methoxy groups -OCH3 is 1. The number of aryl methyl sites for hydroxylation is 2. The predicted octanol–water partition coefficient (Wildman–Crippen LogP) is 2.15. The third-order valence-electron chi connectivity index (χ3n) is 4.99. The fraction of sp³-hybridized carbons (Fsp3) is 0.789. The molecule has 1 aliphatic heterocycles. The highest BCUT2D eigenvalue weighted by molar-refractivity contribution is 14.0. The molecule has 7 nitrogen and oxygen atoms in total. The summed E-state index contributed by atoms with van der Waals surface area (Å²) < 4.78 is 12.7. The van der Waals surface area contributed by atoms with Crippen molar-refractivity contribution < 1.29 is 9.47 Å². The van der Waals surface area contributed by atoms with Crippen LogP contribution in [0.25, 0.3) is 0 Å². The van der Waals surface area contributed by atoms with E-state index in [9.17, 15) is 0 Å². The lowest BCUT2D eigenvalue weighted by atomic mass is 10.1. The molecule has 156 valence electrons. The first kappa shape index (κ1) is 24.2. The van der Waals surface area contributed by atoms with Crippen molar-refractivity contribution in [1.82, 2.24) is 20.0 Å². The van der Waals surface area contributed by atoms with Crippen molar-refractivity contribution in [3.63, 3.8) is 0 Å². The largest absolute Gasteiger partial charge is 0.382 e. The van der Waals surface area contributed by atoms with Gasteiger partial charge in [0.2, 0.25) is 0 Å². The van der Waals surface area contributed by atoms with Crippen molar-refractivity contribution in [2.45, 2.75) is 33.6 Å². The number of hydrogen-bond donors (Lipinski definition) is 1. The molecular weight excluding hydrogens is 457 g/mol. The second kappa shape index (κ2) is 12.6. The smallest absolute Gasteiger partial charge is 0.193 e. The summed E-state index contributed by atoms with van der Waals surface area (Å²) in [7, 11) is 3.70. The molecule has 0 aromatic carbocycles. The van der Waals surface area contributed by atoms with Gasteiger partial charge in [0.05, 0.1) is 25.5 Å². The van der Waals surface area contributed by atoms with Crippen molar-refractivity contribution in [2.24, 2.45) is 18.0 Å². The van der Waals surface area contributed by atoms with E-state index in [1.807, 2.05) is 11.7 Å². The van der Waals surface area contributed by atoms with Crippen molar-refractivity contribution in [3.05, 3.63) is 17.0 Å². The highest BCUT2D eigenvalue weighted by Gasteiger charge is 2.25. The van der Waals surface area contributed by atoms with Gasteiger partial charge >= 0.3 is 0 Å². The molecule has 1 atom stereocenters. The molecule has 1 aromatic heterocycles. The number of nitrogens with one attached hydrogen (secondary N) is 1. The first-order valence-electron chi connectivity index (χ1n) is 9.65. The van der Waals surface area contributed by atoms with Crippen molar-refractivity contribution in [1.29, 1.82) is 0 Å². The van der Waals surface area contributed by atoms with Crippen LogP contribution in [0.2, 0.25) is 0 Å². The van der Waals surface area contributed by atoms with Gasteiger partial charge in [0, 0.05) is 51.9 Å². The number of rotatable bonds is 9. The van der Waals surface area contributed by atoms with E-state index >= 15 is 0 Å². The molecule has 2 heterocycles. The topological polar surface area (TPSA) is 63.9 Å². The molecule has 1 fully saturated rings. The summed E-state index contributed by atoms with van der Waals surface area (Å²) in [4.78, 5) is 7.22. The third kappa shape index (κ3) is 7.23. The Bertz CT molecular complexity index is 591. The Balaban J connectivity index is 0.00000364. The van der Waals surface area contributed by atoms with Gasteiger partial charge in [-0.15, -0.1) is 24.0 Å². The van der Waals surface area contributed by atoms with E-state index in [4.69, 9.17) is 14.5 Å². The minimum Gasteiger partial charge on any atom is -0.382 e. The molecule has 0 aliphatic carbocycles. The second-order valence-electron chi connectivity index (χ2n) is 6.93. The van der Waals surface area contributed by atoms with Gasteiger partial charge in [0.15, 0.2) is 5.96 Å². The van der Waals surface area contributed by atoms with Crippen molar-refractivity contribution in [3.8, 4) is 0 Å².